The third kappa shape index (κ3) is 3.28. The molecule has 1 atom stereocenters. The van der Waals surface area contributed by atoms with Gasteiger partial charge >= 0.3 is 0 Å². The van der Waals surface area contributed by atoms with E-state index in [4.69, 9.17) is 0 Å². The normalized spacial score (nSPS) is 11.9. The van der Waals surface area contributed by atoms with Crippen molar-refractivity contribution in [2.45, 2.75) is 26.5 Å². The molecule has 2 rings (SSSR count). The summed E-state index contributed by atoms with van der Waals surface area (Å²) in [4.78, 5) is 1.31. The number of rotatable bonds is 3. The van der Waals surface area contributed by atoms with Crippen LogP contribution in [-0.2, 0) is 6.54 Å². The molecule has 4 heteroatoms. The van der Waals surface area contributed by atoms with Gasteiger partial charge in [0.25, 0.3) is 0 Å². The van der Waals surface area contributed by atoms with Gasteiger partial charge in [-0.3, -0.25) is 0 Å². The number of hydrogen-bond acceptors (Lipinski definition) is 2. The van der Waals surface area contributed by atoms with Gasteiger partial charge in [0, 0.05) is 6.92 Å². The topological polar surface area (TPSA) is 24.1 Å². The predicted molar refractivity (Wildman–Crippen MR) is 65.4 cm³/mol. The second-order valence-corrected chi connectivity index (χ2v) is 5.00. The molecule has 0 aliphatic rings. The van der Waals surface area contributed by atoms with E-state index in [0.717, 1.165) is 5.56 Å². The highest BCUT2D eigenvalue weighted by molar-refractivity contribution is 7.09. The number of halogens is 1. The van der Waals surface area contributed by atoms with Crippen LogP contribution in [0.15, 0.2) is 35.8 Å². The number of hydrogen-bond donors (Lipinski definition) is 1. The van der Waals surface area contributed by atoms with Crippen molar-refractivity contribution in [2.75, 3.05) is 0 Å². The predicted octanol–water partition coefficient (Wildman–Crippen LogP) is -0.610. The fourth-order valence-electron chi connectivity index (χ4n) is 1.66. The molecule has 92 valence electrons. The lowest BCUT2D eigenvalue weighted by Crippen LogP contribution is -3.00. The average Bonchev–Trinajstić information content (AvgIpc) is 2.62. The summed E-state index contributed by atoms with van der Waals surface area (Å²) in [6.45, 7) is 4.81. The molecule has 0 amide bonds. The van der Waals surface area contributed by atoms with E-state index in [1.165, 1.54) is 10.6 Å². The number of aliphatic hydroxyl groups is 1. The Labute approximate surface area is 112 Å². The number of aromatic nitrogens is 1. The Kier molecular flexibility index (Phi) is 5.12. The number of nitrogens with zero attached hydrogens (tertiary/aromatic N) is 1. The molecule has 1 N–H and O–H groups in total. The van der Waals surface area contributed by atoms with Crippen molar-refractivity contribution in [3.8, 4) is 0 Å². The zero-order chi connectivity index (χ0) is 11.5. The highest BCUT2D eigenvalue weighted by Crippen LogP contribution is 2.14. The molecular weight excluding hydrogens is 254 g/mol. The Morgan fingerprint density at radius 3 is 2.41 bits per heavy atom. The number of thiazole rings is 1. The summed E-state index contributed by atoms with van der Waals surface area (Å²) in [5.74, 6) is 0. The van der Waals surface area contributed by atoms with Gasteiger partial charge in [0.15, 0.2) is 12.2 Å². The van der Waals surface area contributed by atoms with Crippen LogP contribution >= 0.6 is 11.3 Å². The van der Waals surface area contributed by atoms with Crippen LogP contribution in [0.1, 0.15) is 22.2 Å². The molecule has 1 aromatic heterocycles. The molecule has 0 radical (unpaired) electrons. The summed E-state index contributed by atoms with van der Waals surface area (Å²) < 4.78 is 2.11. The van der Waals surface area contributed by atoms with Crippen molar-refractivity contribution in [3.05, 3.63) is 52.0 Å². The largest absolute Gasteiger partial charge is 1.00 e. The lowest BCUT2D eigenvalue weighted by atomic mass is 10.1. The van der Waals surface area contributed by atoms with Crippen LogP contribution in [0.2, 0.25) is 0 Å². The second-order valence-electron chi connectivity index (χ2n) is 3.94. The van der Waals surface area contributed by atoms with E-state index in [1.807, 2.05) is 30.3 Å². The Hall–Kier alpha value is -0.900. The first-order valence-electron chi connectivity index (χ1n) is 5.35. The molecule has 2 aromatic rings. The zero-order valence-corrected chi connectivity index (χ0v) is 11.5. The van der Waals surface area contributed by atoms with Gasteiger partial charge in [-0.1, -0.05) is 41.7 Å². The Morgan fingerprint density at radius 2 is 1.88 bits per heavy atom. The van der Waals surface area contributed by atoms with Gasteiger partial charge in [0.2, 0.25) is 5.51 Å². The van der Waals surface area contributed by atoms with E-state index >= 15 is 0 Å². The minimum atomic E-state index is -0.432. The summed E-state index contributed by atoms with van der Waals surface area (Å²) >= 11 is 1.72. The van der Waals surface area contributed by atoms with Crippen LogP contribution in [-0.4, -0.2) is 5.11 Å². The highest BCUT2D eigenvalue weighted by Gasteiger charge is 2.17. The average molecular weight is 270 g/mol. The monoisotopic (exact) mass is 269 g/mol. The summed E-state index contributed by atoms with van der Waals surface area (Å²) in [7, 11) is 0. The lowest BCUT2D eigenvalue weighted by Gasteiger charge is -2.06. The molecule has 0 aliphatic heterocycles. The molecule has 17 heavy (non-hydrogen) atoms. The van der Waals surface area contributed by atoms with Crippen LogP contribution in [0.5, 0.6) is 0 Å². The van der Waals surface area contributed by atoms with Gasteiger partial charge < -0.3 is 17.5 Å². The molecule has 0 saturated carbocycles. The minimum absolute atomic E-state index is 0. The fourth-order valence-corrected chi connectivity index (χ4v) is 2.47. The SMILES string of the molecule is Cc1sc[n+](C[C@@H](O)c2ccccc2)c1C.[Cl-]. The maximum Gasteiger partial charge on any atom is 0.225 e. The third-order valence-corrected chi connectivity index (χ3v) is 3.86. The second kappa shape index (κ2) is 6.15. The highest BCUT2D eigenvalue weighted by atomic mass is 35.5. The molecule has 0 unspecified atom stereocenters. The van der Waals surface area contributed by atoms with E-state index in [-0.39, 0.29) is 12.4 Å². The van der Waals surface area contributed by atoms with Gasteiger partial charge in [-0.25, -0.2) is 0 Å². The van der Waals surface area contributed by atoms with Gasteiger partial charge in [0.05, 0.1) is 4.88 Å². The maximum atomic E-state index is 10.1. The maximum absolute atomic E-state index is 10.1. The van der Waals surface area contributed by atoms with Gasteiger partial charge in [-0.2, -0.15) is 4.57 Å². The standard InChI is InChI=1S/C13H16NOS.ClH/c1-10-11(2)16-9-14(10)8-13(15)12-6-4-3-5-7-12;/h3-7,9,13,15H,8H2,1-2H3;1H/q+1;/p-1/t13-;/m1./s1. The molecule has 1 aromatic carbocycles. The fraction of sp³-hybridized carbons (Fsp3) is 0.308. The summed E-state index contributed by atoms with van der Waals surface area (Å²) in [6.07, 6.45) is -0.432. The van der Waals surface area contributed by atoms with Crippen LogP contribution in [0.25, 0.3) is 0 Å². The first-order valence-corrected chi connectivity index (χ1v) is 6.23. The zero-order valence-electron chi connectivity index (χ0n) is 9.93. The molecule has 1 heterocycles. The van der Waals surface area contributed by atoms with Crippen LogP contribution in [0, 0.1) is 13.8 Å². The minimum Gasteiger partial charge on any atom is -1.00 e. The Morgan fingerprint density at radius 1 is 1.24 bits per heavy atom. The Balaban J connectivity index is 0.00000144. The molecule has 0 aliphatic carbocycles. The van der Waals surface area contributed by atoms with E-state index in [2.05, 4.69) is 23.9 Å². The van der Waals surface area contributed by atoms with Crippen LogP contribution < -0.4 is 17.0 Å². The van der Waals surface area contributed by atoms with Gasteiger partial charge in [-0.05, 0) is 12.5 Å². The molecular formula is C13H16ClNOS. The van der Waals surface area contributed by atoms with Crippen molar-refractivity contribution < 1.29 is 22.1 Å². The summed E-state index contributed by atoms with van der Waals surface area (Å²) in [5, 5.41) is 10.1. The molecule has 0 spiro atoms. The smallest absolute Gasteiger partial charge is 0.225 e. The Bertz CT molecular complexity index is 470. The van der Waals surface area contributed by atoms with E-state index in [0.29, 0.717) is 6.54 Å². The molecule has 0 saturated heterocycles. The summed E-state index contributed by atoms with van der Waals surface area (Å²) in [5.41, 5.74) is 4.27. The van der Waals surface area contributed by atoms with Crippen LogP contribution in [0.4, 0.5) is 0 Å². The molecule has 0 bridgehead atoms. The summed E-state index contributed by atoms with van der Waals surface area (Å²) in [6, 6.07) is 9.78. The number of aliphatic hydroxyl groups excluding tert-OH is 1. The van der Waals surface area contributed by atoms with E-state index in [9.17, 15) is 5.11 Å². The number of aryl methyl sites for hydroxylation is 1. The van der Waals surface area contributed by atoms with Gasteiger partial charge in [0.1, 0.15) is 6.10 Å². The van der Waals surface area contributed by atoms with Crippen molar-refractivity contribution in [2.24, 2.45) is 0 Å². The molecule has 0 fully saturated rings. The number of benzene rings is 1. The van der Waals surface area contributed by atoms with E-state index in [1.54, 1.807) is 11.3 Å². The molecule has 2 nitrogen and oxygen atoms in total. The van der Waals surface area contributed by atoms with Crippen molar-refractivity contribution in [1.82, 2.24) is 0 Å². The quantitative estimate of drug-likeness (QED) is 0.739. The van der Waals surface area contributed by atoms with Crippen molar-refractivity contribution >= 4 is 11.3 Å². The van der Waals surface area contributed by atoms with Crippen molar-refractivity contribution in [3.63, 3.8) is 0 Å². The lowest BCUT2D eigenvalue weighted by molar-refractivity contribution is -0.706. The van der Waals surface area contributed by atoms with Crippen molar-refractivity contribution in [1.29, 1.82) is 0 Å². The van der Waals surface area contributed by atoms with Gasteiger partial charge in [-0.15, -0.1) is 0 Å². The van der Waals surface area contributed by atoms with Crippen LogP contribution in [0.3, 0.4) is 0 Å². The first kappa shape index (κ1) is 14.2. The third-order valence-electron chi connectivity index (χ3n) is 2.85. The van der Waals surface area contributed by atoms with E-state index < -0.39 is 6.10 Å². The first-order chi connectivity index (χ1) is 7.68.